The first kappa shape index (κ1) is 33.0. The maximum atomic E-state index is 6.11. The third-order valence-corrected chi connectivity index (χ3v) is 8.38. The molecule has 0 spiro atoms. The fourth-order valence-electron chi connectivity index (χ4n) is 6.13. The van der Waals surface area contributed by atoms with Gasteiger partial charge >= 0.3 is 0 Å². The summed E-state index contributed by atoms with van der Waals surface area (Å²) >= 11 is 0. The van der Waals surface area contributed by atoms with E-state index in [1.54, 1.807) is 6.20 Å². The van der Waals surface area contributed by atoms with Crippen LogP contribution in [0.25, 0.3) is 66.4 Å². The van der Waals surface area contributed by atoms with E-state index >= 15 is 0 Å². The van der Waals surface area contributed by atoms with Gasteiger partial charge in [0.15, 0.2) is 0 Å². The smallest absolute Gasteiger partial charge is 0.136 e. The summed E-state index contributed by atoms with van der Waals surface area (Å²) in [6.45, 7) is 8.97. The molecule has 0 bridgehead atoms. The summed E-state index contributed by atoms with van der Waals surface area (Å²) in [5.74, 6) is 0. The van der Waals surface area contributed by atoms with Gasteiger partial charge in [-0.25, -0.2) is 0 Å². The van der Waals surface area contributed by atoms with Crippen molar-refractivity contribution in [2.24, 2.45) is 5.41 Å². The number of pyridine rings is 2. The van der Waals surface area contributed by atoms with Crippen molar-refractivity contribution < 1.29 is 24.5 Å². The molecule has 0 saturated carbocycles. The molecular formula is C44H36IrN2O-2. The third kappa shape index (κ3) is 7.01. The van der Waals surface area contributed by atoms with Crippen molar-refractivity contribution >= 4 is 32.7 Å². The number of hydrogen-bond acceptors (Lipinski definition) is 3. The van der Waals surface area contributed by atoms with Crippen LogP contribution in [0.5, 0.6) is 0 Å². The summed E-state index contributed by atoms with van der Waals surface area (Å²) in [5, 5.41) is 4.76. The first-order chi connectivity index (χ1) is 22.8. The third-order valence-electron chi connectivity index (χ3n) is 8.38. The van der Waals surface area contributed by atoms with E-state index in [0.717, 1.165) is 51.1 Å². The van der Waals surface area contributed by atoms with Crippen LogP contribution in [-0.2, 0) is 26.5 Å². The van der Waals surface area contributed by atoms with E-state index < -0.39 is 0 Å². The molecular weight excluding hydrogens is 765 g/mol. The Morgan fingerprint density at radius 1 is 0.667 bits per heavy atom. The molecule has 48 heavy (non-hydrogen) atoms. The Labute approximate surface area is 296 Å². The molecule has 0 amide bonds. The second kappa shape index (κ2) is 14.1. The van der Waals surface area contributed by atoms with Crippen molar-refractivity contribution in [3.05, 3.63) is 157 Å². The number of furan rings is 1. The van der Waals surface area contributed by atoms with Gasteiger partial charge in [0.2, 0.25) is 0 Å². The molecule has 0 unspecified atom stereocenters. The predicted molar refractivity (Wildman–Crippen MR) is 195 cm³/mol. The number of aromatic nitrogens is 2. The van der Waals surface area contributed by atoms with Crippen molar-refractivity contribution in [1.82, 2.24) is 9.97 Å². The molecule has 8 aromatic rings. The molecule has 0 atom stereocenters. The number of hydrogen-bond donors (Lipinski definition) is 0. The van der Waals surface area contributed by atoms with Gasteiger partial charge in [0.25, 0.3) is 0 Å². The molecule has 4 heteroatoms. The van der Waals surface area contributed by atoms with Crippen LogP contribution >= 0.6 is 0 Å². The van der Waals surface area contributed by atoms with E-state index in [2.05, 4.69) is 112 Å². The van der Waals surface area contributed by atoms with E-state index in [4.69, 9.17) is 9.40 Å². The van der Waals surface area contributed by atoms with Crippen LogP contribution < -0.4 is 0 Å². The fraction of sp³-hybridized carbons (Fsp3) is 0.136. The molecule has 3 aromatic heterocycles. The number of rotatable bonds is 4. The Balaban J connectivity index is 0.000000260. The van der Waals surface area contributed by atoms with Crippen molar-refractivity contribution in [3.8, 4) is 33.6 Å². The van der Waals surface area contributed by atoms with Crippen LogP contribution in [0, 0.1) is 24.5 Å². The molecule has 0 aliphatic rings. The Kier molecular flexibility index (Phi) is 9.68. The molecule has 1 radical (unpaired) electrons. The minimum Gasteiger partial charge on any atom is -0.456 e. The van der Waals surface area contributed by atoms with Crippen LogP contribution in [0.3, 0.4) is 0 Å². The van der Waals surface area contributed by atoms with E-state index in [-0.39, 0.29) is 25.5 Å². The standard InChI is InChI=1S/C33H28NO.C11H8N.Ir/c1-21-20-34-29(18-24(21)19-33(2,3)4)23-14-12-22(13-15-23)25-9-7-10-27-26(25)16-17-31-32(27)28-8-5-6-11-30(28)35-31;1-2-6-10(7-3-1)11-8-4-5-9-12-11;/h5-14,16-18,20H,19H2,1-4H3;1-6,8-9H;/q2*-1;. The SMILES string of the molecule is Cc1cnc(-c2[c-]cc(-c3cccc4c3ccc3oc5ccccc5c34)cc2)cc1CC(C)(C)C.[Ir].[c-]1ccccc1-c1ccccn1. The summed E-state index contributed by atoms with van der Waals surface area (Å²) in [5.41, 5.74) is 11.0. The molecule has 239 valence electrons. The van der Waals surface area contributed by atoms with Crippen molar-refractivity contribution in [3.63, 3.8) is 0 Å². The number of nitrogens with zero attached hydrogens (tertiary/aromatic N) is 2. The van der Waals surface area contributed by atoms with Crippen LogP contribution in [-0.4, -0.2) is 9.97 Å². The van der Waals surface area contributed by atoms with Crippen LogP contribution in [0.4, 0.5) is 0 Å². The van der Waals surface area contributed by atoms with Gasteiger partial charge in [0.05, 0.1) is 0 Å². The minimum absolute atomic E-state index is 0. The molecule has 8 rings (SSSR count). The summed E-state index contributed by atoms with van der Waals surface area (Å²) in [6, 6.07) is 48.0. The molecule has 5 aromatic carbocycles. The zero-order valence-electron chi connectivity index (χ0n) is 27.5. The molecule has 0 saturated heterocycles. The van der Waals surface area contributed by atoms with Crippen molar-refractivity contribution in [1.29, 1.82) is 0 Å². The van der Waals surface area contributed by atoms with Crippen molar-refractivity contribution in [2.45, 2.75) is 34.1 Å². The quantitative estimate of drug-likeness (QED) is 0.166. The number of aryl methyl sites for hydroxylation is 1. The summed E-state index contributed by atoms with van der Waals surface area (Å²) in [4.78, 5) is 8.92. The van der Waals surface area contributed by atoms with Gasteiger partial charge < -0.3 is 14.4 Å². The maximum absolute atomic E-state index is 6.11. The number of benzene rings is 5. The van der Waals surface area contributed by atoms with E-state index in [1.807, 2.05) is 60.8 Å². The topological polar surface area (TPSA) is 38.9 Å². The monoisotopic (exact) mass is 801 g/mol. The number of fused-ring (bicyclic) bond motifs is 5. The summed E-state index contributed by atoms with van der Waals surface area (Å²) < 4.78 is 6.11. The van der Waals surface area contributed by atoms with Crippen molar-refractivity contribution in [2.75, 3.05) is 0 Å². The largest absolute Gasteiger partial charge is 0.456 e. The molecule has 3 heterocycles. The molecule has 0 fully saturated rings. The van der Waals surface area contributed by atoms with Gasteiger partial charge in [-0.15, -0.1) is 65.7 Å². The number of para-hydroxylation sites is 1. The zero-order chi connectivity index (χ0) is 32.4. The zero-order valence-corrected chi connectivity index (χ0v) is 29.9. The Bertz CT molecular complexity index is 2260. The van der Waals surface area contributed by atoms with E-state index in [9.17, 15) is 0 Å². The predicted octanol–water partition coefficient (Wildman–Crippen LogP) is 11.7. The average molecular weight is 801 g/mol. The second-order valence-corrected chi connectivity index (χ2v) is 13.2. The van der Waals surface area contributed by atoms with Gasteiger partial charge in [-0.3, -0.25) is 0 Å². The van der Waals surface area contributed by atoms with Gasteiger partial charge in [0, 0.05) is 43.3 Å². The Morgan fingerprint density at radius 2 is 1.46 bits per heavy atom. The summed E-state index contributed by atoms with van der Waals surface area (Å²) in [6.07, 6.45) is 4.80. The first-order valence-corrected chi connectivity index (χ1v) is 16.0. The first-order valence-electron chi connectivity index (χ1n) is 16.0. The van der Waals surface area contributed by atoms with Gasteiger partial charge in [-0.1, -0.05) is 98.1 Å². The van der Waals surface area contributed by atoms with E-state index in [0.29, 0.717) is 0 Å². The Morgan fingerprint density at radius 3 is 2.21 bits per heavy atom. The second-order valence-electron chi connectivity index (χ2n) is 13.2. The van der Waals surface area contributed by atoms with Crippen LogP contribution in [0.15, 0.2) is 138 Å². The maximum Gasteiger partial charge on any atom is 0.136 e. The fourth-order valence-corrected chi connectivity index (χ4v) is 6.13. The molecule has 0 aliphatic carbocycles. The molecule has 0 N–H and O–H groups in total. The summed E-state index contributed by atoms with van der Waals surface area (Å²) in [7, 11) is 0. The Hall–Kier alpha value is -4.89. The van der Waals surface area contributed by atoms with Crippen LogP contribution in [0.1, 0.15) is 31.9 Å². The molecule has 0 aliphatic heterocycles. The van der Waals surface area contributed by atoms with Gasteiger partial charge in [-0.05, 0) is 64.7 Å². The van der Waals surface area contributed by atoms with Gasteiger partial charge in [0.1, 0.15) is 11.2 Å². The minimum atomic E-state index is 0. The van der Waals surface area contributed by atoms with Crippen LogP contribution in [0.2, 0.25) is 0 Å². The molecule has 3 nitrogen and oxygen atoms in total. The average Bonchev–Trinajstić information content (AvgIpc) is 3.49. The normalized spacial score (nSPS) is 11.2. The van der Waals surface area contributed by atoms with E-state index in [1.165, 1.54) is 32.8 Å². The van der Waals surface area contributed by atoms with Gasteiger partial charge in [-0.2, -0.15) is 0 Å².